The molecule has 7 nitrogen and oxygen atoms in total. The maximum atomic E-state index is 15.0. The number of H-pyrrole nitrogens is 1. The first kappa shape index (κ1) is 16.0. The van der Waals surface area contributed by atoms with Gasteiger partial charge in [-0.3, -0.25) is 20.0 Å². The molecule has 2 aromatic rings. The molecule has 1 aromatic carbocycles. The number of nitrogens with zero attached hydrogens (tertiary/aromatic N) is 3. The number of carbonyl (C=O) groups excluding carboxylic acids is 1. The number of hydrogen-bond acceptors (Lipinski definition) is 4. The first-order valence-electron chi connectivity index (χ1n) is 6.93. The van der Waals surface area contributed by atoms with Gasteiger partial charge in [0.05, 0.1) is 11.5 Å². The summed E-state index contributed by atoms with van der Waals surface area (Å²) in [6, 6.07) is 2.37. The standard InChI is InChI=1S/C14H11F3N4O3/c15-9-3-8(4-10(16)5-9)14(17)1-2-20(7-14)13(22)12-11(21(23)24)6-18-19-12/h3-6H,1-2,7H2,(H,18,19). The Morgan fingerprint density at radius 2 is 2.00 bits per heavy atom. The second-order valence-corrected chi connectivity index (χ2v) is 5.49. The Labute approximate surface area is 133 Å². The number of nitro groups is 1. The Morgan fingerprint density at radius 3 is 2.62 bits per heavy atom. The Morgan fingerprint density at radius 1 is 1.33 bits per heavy atom. The lowest BCUT2D eigenvalue weighted by molar-refractivity contribution is -0.385. The third kappa shape index (κ3) is 2.70. The fourth-order valence-corrected chi connectivity index (χ4v) is 2.73. The van der Waals surface area contributed by atoms with E-state index in [-0.39, 0.29) is 24.2 Å². The fraction of sp³-hybridized carbons (Fsp3) is 0.286. The van der Waals surface area contributed by atoms with Gasteiger partial charge in [0, 0.05) is 19.0 Å². The van der Waals surface area contributed by atoms with Crippen LogP contribution in [0, 0.1) is 21.7 Å². The van der Waals surface area contributed by atoms with E-state index < -0.39 is 40.4 Å². The summed E-state index contributed by atoms with van der Waals surface area (Å²) in [5.41, 5.74) is -3.23. The number of amides is 1. The van der Waals surface area contributed by atoms with Crippen LogP contribution in [0.1, 0.15) is 22.5 Å². The number of nitrogens with one attached hydrogen (secondary N) is 1. The molecule has 1 aliphatic heterocycles. The van der Waals surface area contributed by atoms with Crippen molar-refractivity contribution in [1.29, 1.82) is 0 Å². The van der Waals surface area contributed by atoms with Crippen molar-refractivity contribution in [1.82, 2.24) is 15.1 Å². The van der Waals surface area contributed by atoms with Gasteiger partial charge in [-0.05, 0) is 17.7 Å². The Kier molecular flexibility index (Phi) is 3.74. The van der Waals surface area contributed by atoms with Gasteiger partial charge < -0.3 is 4.90 Å². The normalized spacial score (nSPS) is 20.4. The van der Waals surface area contributed by atoms with Gasteiger partial charge >= 0.3 is 5.69 Å². The molecule has 0 spiro atoms. The number of hydrogen-bond donors (Lipinski definition) is 1. The zero-order chi connectivity index (χ0) is 17.5. The predicted molar refractivity (Wildman–Crippen MR) is 74.9 cm³/mol. The summed E-state index contributed by atoms with van der Waals surface area (Å²) in [5, 5.41) is 16.5. The second-order valence-electron chi connectivity index (χ2n) is 5.49. The number of halogens is 3. The van der Waals surface area contributed by atoms with E-state index in [9.17, 15) is 23.7 Å². The van der Waals surface area contributed by atoms with E-state index in [4.69, 9.17) is 0 Å². The lowest BCUT2D eigenvalue weighted by Crippen LogP contribution is -2.33. The lowest BCUT2D eigenvalue weighted by Gasteiger charge is -2.21. The van der Waals surface area contributed by atoms with E-state index in [2.05, 4.69) is 10.2 Å². The minimum Gasteiger partial charge on any atom is -0.333 e. The average molecular weight is 340 g/mol. The van der Waals surface area contributed by atoms with Crippen molar-refractivity contribution < 1.29 is 22.9 Å². The molecule has 1 aliphatic rings. The highest BCUT2D eigenvalue weighted by Crippen LogP contribution is 2.37. The van der Waals surface area contributed by atoms with Crippen LogP contribution in [0.15, 0.2) is 24.4 Å². The predicted octanol–water partition coefficient (Wildman–Crippen LogP) is 2.31. The smallest absolute Gasteiger partial charge is 0.319 e. The summed E-state index contributed by atoms with van der Waals surface area (Å²) in [4.78, 5) is 23.4. The van der Waals surface area contributed by atoms with Gasteiger partial charge in [0.25, 0.3) is 5.91 Å². The first-order chi connectivity index (χ1) is 11.3. The molecule has 10 heteroatoms. The summed E-state index contributed by atoms with van der Waals surface area (Å²) < 4.78 is 41.6. The molecule has 1 amide bonds. The van der Waals surface area contributed by atoms with Crippen molar-refractivity contribution >= 4 is 11.6 Å². The van der Waals surface area contributed by atoms with Crippen LogP contribution in [0.2, 0.25) is 0 Å². The SMILES string of the molecule is O=C(c1[nH]ncc1[N+](=O)[O-])N1CCC(F)(c2cc(F)cc(F)c2)C1. The molecule has 0 bridgehead atoms. The van der Waals surface area contributed by atoms with E-state index in [1.54, 1.807) is 0 Å². The van der Waals surface area contributed by atoms with Crippen LogP contribution in [0.3, 0.4) is 0 Å². The zero-order valence-corrected chi connectivity index (χ0v) is 12.1. The Bertz CT molecular complexity index is 805. The molecule has 1 saturated heterocycles. The molecule has 24 heavy (non-hydrogen) atoms. The van der Waals surface area contributed by atoms with Crippen LogP contribution in [-0.2, 0) is 5.67 Å². The lowest BCUT2D eigenvalue weighted by atomic mass is 9.95. The van der Waals surface area contributed by atoms with Crippen LogP contribution >= 0.6 is 0 Å². The van der Waals surface area contributed by atoms with Crippen LogP contribution in [0.5, 0.6) is 0 Å². The molecule has 0 aliphatic carbocycles. The molecular formula is C14H11F3N4O3. The van der Waals surface area contributed by atoms with Gasteiger partial charge in [-0.2, -0.15) is 5.10 Å². The Balaban J connectivity index is 1.85. The molecule has 1 unspecified atom stereocenters. The summed E-state index contributed by atoms with van der Waals surface area (Å²) in [5.74, 6) is -2.64. The number of aromatic amines is 1. The van der Waals surface area contributed by atoms with Crippen LogP contribution in [0.25, 0.3) is 0 Å². The summed E-state index contributed by atoms with van der Waals surface area (Å²) in [6.45, 7) is -0.519. The second kappa shape index (κ2) is 5.62. The monoisotopic (exact) mass is 340 g/mol. The summed E-state index contributed by atoms with van der Waals surface area (Å²) >= 11 is 0. The van der Waals surface area contributed by atoms with Gasteiger partial charge in [0.1, 0.15) is 17.8 Å². The molecule has 126 valence electrons. The maximum Gasteiger partial charge on any atom is 0.319 e. The minimum absolute atomic E-state index is 0.0519. The topological polar surface area (TPSA) is 92.1 Å². The number of benzene rings is 1. The number of likely N-dealkylation sites (tertiary alicyclic amines) is 1. The first-order valence-corrected chi connectivity index (χ1v) is 6.93. The highest BCUT2D eigenvalue weighted by atomic mass is 19.1. The van der Waals surface area contributed by atoms with Crippen molar-refractivity contribution in [2.75, 3.05) is 13.1 Å². The molecule has 0 radical (unpaired) electrons. The van der Waals surface area contributed by atoms with Crippen molar-refractivity contribution in [3.8, 4) is 0 Å². The highest BCUT2D eigenvalue weighted by Gasteiger charge is 2.43. The third-order valence-electron chi connectivity index (χ3n) is 3.92. The van der Waals surface area contributed by atoms with Crippen LogP contribution < -0.4 is 0 Å². The Hall–Kier alpha value is -2.91. The van der Waals surface area contributed by atoms with Crippen molar-refractivity contribution in [3.63, 3.8) is 0 Å². The van der Waals surface area contributed by atoms with Crippen molar-refractivity contribution in [2.24, 2.45) is 0 Å². The van der Waals surface area contributed by atoms with E-state index in [0.717, 1.165) is 23.2 Å². The molecule has 1 atom stereocenters. The number of aromatic nitrogens is 2. The highest BCUT2D eigenvalue weighted by molar-refractivity contribution is 5.96. The number of carbonyl (C=O) groups is 1. The van der Waals surface area contributed by atoms with Gasteiger partial charge in [-0.25, -0.2) is 13.2 Å². The fourth-order valence-electron chi connectivity index (χ4n) is 2.73. The number of alkyl halides is 1. The number of rotatable bonds is 3. The molecule has 1 N–H and O–H groups in total. The summed E-state index contributed by atoms with van der Waals surface area (Å²) in [6.07, 6.45) is 0.706. The molecule has 0 saturated carbocycles. The average Bonchev–Trinajstić information content (AvgIpc) is 3.13. The van der Waals surface area contributed by atoms with Crippen molar-refractivity contribution in [2.45, 2.75) is 12.1 Å². The van der Waals surface area contributed by atoms with Crippen LogP contribution in [-0.4, -0.2) is 39.0 Å². The van der Waals surface area contributed by atoms with Crippen molar-refractivity contribution in [3.05, 3.63) is 57.4 Å². The minimum atomic E-state index is -2.13. The molecular weight excluding hydrogens is 329 g/mol. The quantitative estimate of drug-likeness (QED) is 0.685. The van der Waals surface area contributed by atoms with E-state index in [1.807, 2.05) is 0 Å². The molecule has 3 rings (SSSR count). The molecule has 1 aromatic heterocycles. The van der Waals surface area contributed by atoms with Crippen LogP contribution in [0.4, 0.5) is 18.9 Å². The van der Waals surface area contributed by atoms with Gasteiger partial charge in [-0.1, -0.05) is 0 Å². The van der Waals surface area contributed by atoms with E-state index >= 15 is 4.39 Å². The van der Waals surface area contributed by atoms with E-state index in [1.165, 1.54) is 0 Å². The maximum absolute atomic E-state index is 15.0. The summed E-state index contributed by atoms with van der Waals surface area (Å²) in [7, 11) is 0. The largest absolute Gasteiger partial charge is 0.333 e. The third-order valence-corrected chi connectivity index (χ3v) is 3.92. The zero-order valence-electron chi connectivity index (χ0n) is 12.1. The van der Waals surface area contributed by atoms with Gasteiger partial charge in [-0.15, -0.1) is 0 Å². The molecule has 1 fully saturated rings. The molecule has 2 heterocycles. The van der Waals surface area contributed by atoms with E-state index in [0.29, 0.717) is 6.07 Å². The van der Waals surface area contributed by atoms with Gasteiger partial charge in [0.15, 0.2) is 5.67 Å². The van der Waals surface area contributed by atoms with Gasteiger partial charge in [0.2, 0.25) is 5.69 Å².